The molecular weight excluding hydrogens is 218 g/mol. The molecule has 0 aliphatic heterocycles. The Bertz CT molecular complexity index is 344. The van der Waals surface area contributed by atoms with Crippen molar-refractivity contribution in [2.45, 2.75) is 58.9 Å². The third kappa shape index (κ3) is 3.28. The molecule has 1 aliphatic rings. The lowest BCUT2D eigenvalue weighted by atomic mass is 9.78. The maximum Gasteiger partial charge on any atom is 0.0342 e. The predicted octanol–water partition coefficient (Wildman–Crippen LogP) is 4.88. The molecule has 0 aromatic heterocycles. The molecule has 0 amide bonds. The zero-order valence-electron chi connectivity index (χ0n) is 12.1. The molecular formula is C17H27N. The van der Waals surface area contributed by atoms with Gasteiger partial charge in [0.05, 0.1) is 0 Å². The van der Waals surface area contributed by atoms with Crippen LogP contribution < -0.4 is 5.32 Å². The lowest BCUT2D eigenvalue weighted by Crippen LogP contribution is -2.37. The third-order valence-corrected chi connectivity index (χ3v) is 4.37. The summed E-state index contributed by atoms with van der Waals surface area (Å²) < 4.78 is 0. The van der Waals surface area contributed by atoms with Crippen molar-refractivity contribution in [1.29, 1.82) is 0 Å². The molecule has 1 aromatic carbocycles. The molecule has 0 radical (unpaired) electrons. The summed E-state index contributed by atoms with van der Waals surface area (Å²) in [6.45, 7) is 7.01. The zero-order chi connectivity index (χ0) is 13.0. The summed E-state index contributed by atoms with van der Waals surface area (Å²) in [5, 5.41) is 3.75. The van der Waals surface area contributed by atoms with Gasteiger partial charge in [0.2, 0.25) is 0 Å². The molecule has 0 bridgehead atoms. The standard InChI is InChI=1S/C17H27N/c1-4-6-15-9-11-16(12-10-15)18-17-13(2)7-5-8-14(17)3/h9-14,17-18H,4-8H2,1-3H3. The summed E-state index contributed by atoms with van der Waals surface area (Å²) in [6.07, 6.45) is 6.56. The number of benzene rings is 1. The van der Waals surface area contributed by atoms with Gasteiger partial charge in [-0.3, -0.25) is 0 Å². The van der Waals surface area contributed by atoms with Gasteiger partial charge in [-0.15, -0.1) is 0 Å². The summed E-state index contributed by atoms with van der Waals surface area (Å²) >= 11 is 0. The molecule has 1 saturated carbocycles. The van der Waals surface area contributed by atoms with Gasteiger partial charge in [0.15, 0.2) is 0 Å². The second-order valence-electron chi connectivity index (χ2n) is 6.00. The van der Waals surface area contributed by atoms with Crippen molar-refractivity contribution in [3.05, 3.63) is 29.8 Å². The molecule has 1 aliphatic carbocycles. The highest BCUT2D eigenvalue weighted by molar-refractivity contribution is 5.45. The Kier molecular flexibility index (Phi) is 4.68. The Morgan fingerprint density at radius 1 is 1.06 bits per heavy atom. The van der Waals surface area contributed by atoms with Gasteiger partial charge in [-0.1, -0.05) is 45.7 Å². The van der Waals surface area contributed by atoms with E-state index in [1.165, 1.54) is 43.4 Å². The first-order valence-corrected chi connectivity index (χ1v) is 7.56. The van der Waals surface area contributed by atoms with Crippen LogP contribution in [0.15, 0.2) is 24.3 Å². The molecule has 0 saturated heterocycles. The van der Waals surface area contributed by atoms with Gasteiger partial charge >= 0.3 is 0 Å². The van der Waals surface area contributed by atoms with Crippen LogP contribution in [0.4, 0.5) is 5.69 Å². The molecule has 1 fully saturated rings. The van der Waals surface area contributed by atoms with Crippen LogP contribution in [0.5, 0.6) is 0 Å². The predicted molar refractivity (Wildman–Crippen MR) is 80.0 cm³/mol. The lowest BCUT2D eigenvalue weighted by molar-refractivity contribution is 0.268. The second kappa shape index (κ2) is 6.26. The SMILES string of the molecule is CCCc1ccc(NC2C(C)CCCC2C)cc1. The van der Waals surface area contributed by atoms with E-state index in [-0.39, 0.29) is 0 Å². The molecule has 0 heterocycles. The Hall–Kier alpha value is -0.980. The van der Waals surface area contributed by atoms with Crippen LogP contribution in [0.25, 0.3) is 0 Å². The Labute approximate surface area is 112 Å². The number of nitrogens with one attached hydrogen (secondary N) is 1. The minimum absolute atomic E-state index is 0.649. The average Bonchev–Trinajstić information content (AvgIpc) is 2.36. The fraction of sp³-hybridized carbons (Fsp3) is 0.647. The number of rotatable bonds is 4. The summed E-state index contributed by atoms with van der Waals surface area (Å²) in [5.74, 6) is 1.59. The van der Waals surface area contributed by atoms with Crippen molar-refractivity contribution in [1.82, 2.24) is 0 Å². The van der Waals surface area contributed by atoms with Crippen LogP contribution in [0.1, 0.15) is 52.0 Å². The van der Waals surface area contributed by atoms with E-state index in [2.05, 4.69) is 50.4 Å². The normalized spacial score (nSPS) is 28.1. The second-order valence-corrected chi connectivity index (χ2v) is 6.00. The van der Waals surface area contributed by atoms with Crippen LogP contribution in [-0.4, -0.2) is 6.04 Å². The monoisotopic (exact) mass is 245 g/mol. The minimum Gasteiger partial charge on any atom is -0.382 e. The highest BCUT2D eigenvalue weighted by atomic mass is 14.9. The number of aryl methyl sites for hydroxylation is 1. The minimum atomic E-state index is 0.649. The molecule has 0 spiro atoms. The van der Waals surface area contributed by atoms with Gasteiger partial charge in [-0.25, -0.2) is 0 Å². The van der Waals surface area contributed by atoms with E-state index in [1.54, 1.807) is 0 Å². The van der Waals surface area contributed by atoms with E-state index in [0.717, 1.165) is 11.8 Å². The van der Waals surface area contributed by atoms with E-state index in [0.29, 0.717) is 6.04 Å². The molecule has 1 heteroatoms. The Balaban J connectivity index is 1.99. The van der Waals surface area contributed by atoms with Crippen molar-refractivity contribution in [3.8, 4) is 0 Å². The molecule has 1 N–H and O–H groups in total. The smallest absolute Gasteiger partial charge is 0.0342 e. The number of anilines is 1. The number of hydrogen-bond donors (Lipinski definition) is 1. The van der Waals surface area contributed by atoms with Crippen LogP contribution in [0, 0.1) is 11.8 Å². The molecule has 2 unspecified atom stereocenters. The molecule has 100 valence electrons. The topological polar surface area (TPSA) is 12.0 Å². The first kappa shape index (κ1) is 13.5. The molecule has 18 heavy (non-hydrogen) atoms. The maximum absolute atomic E-state index is 3.75. The quantitative estimate of drug-likeness (QED) is 0.797. The molecule has 1 nitrogen and oxygen atoms in total. The lowest BCUT2D eigenvalue weighted by Gasteiger charge is -2.36. The van der Waals surface area contributed by atoms with Crippen molar-refractivity contribution >= 4 is 5.69 Å². The van der Waals surface area contributed by atoms with Crippen LogP contribution in [0.2, 0.25) is 0 Å². The van der Waals surface area contributed by atoms with E-state index in [9.17, 15) is 0 Å². The van der Waals surface area contributed by atoms with Gasteiger partial charge in [-0.2, -0.15) is 0 Å². The first-order valence-electron chi connectivity index (χ1n) is 7.56. The van der Waals surface area contributed by atoms with Gasteiger partial charge < -0.3 is 5.32 Å². The van der Waals surface area contributed by atoms with Gasteiger partial charge in [0.1, 0.15) is 0 Å². The molecule has 2 rings (SSSR count). The fourth-order valence-electron chi connectivity index (χ4n) is 3.22. The van der Waals surface area contributed by atoms with E-state index in [4.69, 9.17) is 0 Å². The summed E-state index contributed by atoms with van der Waals surface area (Å²) in [4.78, 5) is 0. The van der Waals surface area contributed by atoms with Gasteiger partial charge in [0.25, 0.3) is 0 Å². The Morgan fingerprint density at radius 2 is 1.67 bits per heavy atom. The largest absolute Gasteiger partial charge is 0.382 e. The molecule has 2 atom stereocenters. The van der Waals surface area contributed by atoms with E-state index >= 15 is 0 Å². The van der Waals surface area contributed by atoms with Crippen molar-refractivity contribution in [2.24, 2.45) is 11.8 Å². The van der Waals surface area contributed by atoms with E-state index < -0.39 is 0 Å². The summed E-state index contributed by atoms with van der Waals surface area (Å²) in [5.41, 5.74) is 2.74. The van der Waals surface area contributed by atoms with Crippen molar-refractivity contribution < 1.29 is 0 Å². The average molecular weight is 245 g/mol. The van der Waals surface area contributed by atoms with Crippen molar-refractivity contribution in [2.75, 3.05) is 5.32 Å². The fourth-order valence-corrected chi connectivity index (χ4v) is 3.22. The summed E-state index contributed by atoms with van der Waals surface area (Å²) in [7, 11) is 0. The first-order chi connectivity index (χ1) is 8.70. The zero-order valence-corrected chi connectivity index (χ0v) is 12.1. The van der Waals surface area contributed by atoms with Crippen LogP contribution in [0.3, 0.4) is 0 Å². The summed E-state index contributed by atoms with van der Waals surface area (Å²) in [6, 6.07) is 9.68. The highest BCUT2D eigenvalue weighted by Gasteiger charge is 2.27. The maximum atomic E-state index is 3.75. The Morgan fingerprint density at radius 3 is 2.22 bits per heavy atom. The van der Waals surface area contributed by atoms with E-state index in [1.807, 2.05) is 0 Å². The molecule has 1 aromatic rings. The van der Waals surface area contributed by atoms with Gasteiger partial charge in [0, 0.05) is 11.7 Å². The highest BCUT2D eigenvalue weighted by Crippen LogP contribution is 2.31. The van der Waals surface area contributed by atoms with Crippen LogP contribution in [-0.2, 0) is 6.42 Å². The third-order valence-electron chi connectivity index (χ3n) is 4.37. The van der Waals surface area contributed by atoms with Crippen molar-refractivity contribution in [3.63, 3.8) is 0 Å². The number of hydrogen-bond acceptors (Lipinski definition) is 1. The van der Waals surface area contributed by atoms with Crippen LogP contribution >= 0.6 is 0 Å². The van der Waals surface area contributed by atoms with Gasteiger partial charge in [-0.05, 0) is 48.8 Å².